The number of halogens is 3. The van der Waals surface area contributed by atoms with E-state index in [9.17, 15) is 18.1 Å². The molecule has 0 atom stereocenters. The molecule has 0 fully saturated rings. The van der Waals surface area contributed by atoms with Crippen LogP contribution >= 0.6 is 0 Å². The van der Waals surface area contributed by atoms with E-state index in [1.165, 1.54) is 6.07 Å². The zero-order valence-electron chi connectivity index (χ0n) is 7.26. The Balaban J connectivity index is 3.09. The van der Waals surface area contributed by atoms with E-state index in [2.05, 4.69) is 4.94 Å². The average molecular weight is 204 g/mol. The van der Waals surface area contributed by atoms with Crippen molar-refractivity contribution in [3.63, 3.8) is 0 Å². The Morgan fingerprint density at radius 3 is 2.57 bits per heavy atom. The first-order valence-electron chi connectivity index (χ1n) is 3.76. The van der Waals surface area contributed by atoms with Crippen LogP contribution in [0.2, 0.25) is 0 Å². The van der Waals surface area contributed by atoms with Crippen molar-refractivity contribution in [2.24, 2.45) is 0 Å². The van der Waals surface area contributed by atoms with Gasteiger partial charge < -0.3 is 0 Å². The maximum Gasteiger partial charge on any atom is 0.422 e. The molecular formula is C9H7F3O2. The number of benzene rings is 1. The Labute approximate surface area is 78.2 Å². The van der Waals surface area contributed by atoms with Gasteiger partial charge in [-0.2, -0.15) is 8.78 Å². The number of aryl methyl sites for hydroxylation is 1. The second-order valence-electron chi connectivity index (χ2n) is 2.81. The lowest BCUT2D eigenvalue weighted by molar-refractivity contribution is -0.213. The van der Waals surface area contributed by atoms with Crippen LogP contribution in [0.1, 0.15) is 11.1 Å². The van der Waals surface area contributed by atoms with Gasteiger partial charge in [-0.15, -0.1) is 0 Å². The minimum atomic E-state index is -3.94. The number of rotatable bonds is 2. The number of hydrogen-bond donors (Lipinski definition) is 0. The van der Waals surface area contributed by atoms with Crippen LogP contribution in [-0.4, -0.2) is 5.97 Å². The van der Waals surface area contributed by atoms with E-state index in [0.29, 0.717) is 5.56 Å². The van der Waals surface area contributed by atoms with Gasteiger partial charge in [0.15, 0.2) is 0 Å². The van der Waals surface area contributed by atoms with E-state index >= 15 is 0 Å². The van der Waals surface area contributed by atoms with E-state index in [4.69, 9.17) is 0 Å². The maximum absolute atomic E-state index is 13.0. The van der Waals surface area contributed by atoms with Gasteiger partial charge in [-0.25, -0.2) is 9.74 Å². The normalized spacial score (nSPS) is 11.1. The summed E-state index contributed by atoms with van der Waals surface area (Å²) in [6.45, 7) is 1.58. The van der Waals surface area contributed by atoms with Crippen molar-refractivity contribution in [2.75, 3.05) is 0 Å². The van der Waals surface area contributed by atoms with E-state index in [1.54, 1.807) is 13.0 Å². The summed E-state index contributed by atoms with van der Waals surface area (Å²) in [5.74, 6) is -6.15. The first-order chi connectivity index (χ1) is 6.48. The van der Waals surface area contributed by atoms with Gasteiger partial charge in [-0.3, -0.25) is 0 Å². The maximum atomic E-state index is 13.0. The molecule has 0 unspecified atom stereocenters. The molecule has 0 spiro atoms. The third-order valence-corrected chi connectivity index (χ3v) is 1.71. The van der Waals surface area contributed by atoms with E-state index < -0.39 is 17.5 Å². The molecule has 0 aliphatic carbocycles. The van der Waals surface area contributed by atoms with Gasteiger partial charge in [0.1, 0.15) is 0 Å². The van der Waals surface area contributed by atoms with Crippen LogP contribution in [0.25, 0.3) is 0 Å². The topological polar surface area (TPSA) is 26.3 Å². The summed E-state index contributed by atoms with van der Waals surface area (Å²) < 4.78 is 37.4. The fourth-order valence-electron chi connectivity index (χ4n) is 1.01. The van der Waals surface area contributed by atoms with Crippen LogP contribution in [0.3, 0.4) is 0 Å². The monoisotopic (exact) mass is 204 g/mol. The summed E-state index contributed by atoms with van der Waals surface area (Å²) in [4.78, 5) is 12.9. The quantitative estimate of drug-likeness (QED) is 0.739. The van der Waals surface area contributed by atoms with Crippen LogP contribution in [0.15, 0.2) is 24.3 Å². The Bertz CT molecular complexity index is 350. The SMILES string of the molecule is Cc1cccc(C(F)(F)C(=O)OF)c1. The zero-order chi connectivity index (χ0) is 10.8. The van der Waals surface area contributed by atoms with Crippen LogP contribution in [0.4, 0.5) is 13.3 Å². The average Bonchev–Trinajstić information content (AvgIpc) is 2.16. The molecule has 0 radical (unpaired) electrons. The molecule has 76 valence electrons. The highest BCUT2D eigenvalue weighted by Gasteiger charge is 2.43. The largest absolute Gasteiger partial charge is 0.422 e. The zero-order valence-corrected chi connectivity index (χ0v) is 7.26. The van der Waals surface area contributed by atoms with Gasteiger partial charge in [-0.05, 0) is 13.0 Å². The van der Waals surface area contributed by atoms with Crippen molar-refractivity contribution in [1.29, 1.82) is 0 Å². The standard InChI is InChI=1S/C9H7F3O2/c1-6-3-2-4-7(5-6)9(10,11)8(13)14-12/h2-5H,1H3. The van der Waals surface area contributed by atoms with Gasteiger partial charge in [0.05, 0.1) is 0 Å². The number of hydrogen-bond acceptors (Lipinski definition) is 2. The summed E-state index contributed by atoms with van der Waals surface area (Å²) in [6, 6.07) is 5.06. The molecule has 1 aromatic rings. The summed E-state index contributed by atoms with van der Waals surface area (Å²) in [5.41, 5.74) is -0.0333. The van der Waals surface area contributed by atoms with Crippen molar-refractivity contribution >= 4 is 5.97 Å². The predicted octanol–water partition coefficient (Wildman–Crippen LogP) is 2.51. The minimum absolute atomic E-state index is 0.550. The van der Waals surface area contributed by atoms with Crippen molar-refractivity contribution in [2.45, 2.75) is 12.8 Å². The second-order valence-corrected chi connectivity index (χ2v) is 2.81. The Kier molecular flexibility index (Phi) is 2.78. The van der Waals surface area contributed by atoms with Gasteiger partial charge in [-0.1, -0.05) is 23.8 Å². The van der Waals surface area contributed by atoms with Crippen LogP contribution in [-0.2, 0) is 15.7 Å². The van der Waals surface area contributed by atoms with Crippen LogP contribution < -0.4 is 0 Å². The molecule has 0 N–H and O–H groups in total. The predicted molar refractivity (Wildman–Crippen MR) is 42.3 cm³/mol. The second kappa shape index (κ2) is 3.69. The van der Waals surface area contributed by atoms with Gasteiger partial charge in [0.2, 0.25) is 0 Å². The first kappa shape index (κ1) is 10.6. The molecule has 0 aliphatic heterocycles. The Morgan fingerprint density at radius 1 is 1.43 bits per heavy atom. The lowest BCUT2D eigenvalue weighted by atomic mass is 10.1. The molecule has 5 heteroatoms. The third-order valence-electron chi connectivity index (χ3n) is 1.71. The highest BCUT2D eigenvalue weighted by atomic mass is 19.3. The van der Waals surface area contributed by atoms with Gasteiger partial charge in [0, 0.05) is 10.1 Å². The van der Waals surface area contributed by atoms with E-state index in [0.717, 1.165) is 12.1 Å². The molecule has 0 heterocycles. The molecule has 1 aromatic carbocycles. The minimum Gasteiger partial charge on any atom is -0.247 e. The number of carbonyl (C=O) groups is 1. The smallest absolute Gasteiger partial charge is 0.247 e. The van der Waals surface area contributed by atoms with E-state index in [1.807, 2.05) is 0 Å². The molecule has 0 bridgehead atoms. The van der Waals surface area contributed by atoms with Crippen molar-refractivity contribution in [1.82, 2.24) is 0 Å². The lowest BCUT2D eigenvalue weighted by Crippen LogP contribution is -2.26. The Hall–Kier alpha value is -1.52. The molecule has 0 aliphatic rings. The molecule has 2 nitrogen and oxygen atoms in total. The molecule has 1 rings (SSSR count). The molecule has 0 saturated heterocycles. The van der Waals surface area contributed by atoms with Crippen molar-refractivity contribution in [3.05, 3.63) is 35.4 Å². The fourth-order valence-corrected chi connectivity index (χ4v) is 1.01. The van der Waals surface area contributed by atoms with Crippen LogP contribution in [0, 0.1) is 6.92 Å². The molecule has 0 saturated carbocycles. The van der Waals surface area contributed by atoms with Gasteiger partial charge >= 0.3 is 11.9 Å². The van der Waals surface area contributed by atoms with E-state index in [-0.39, 0.29) is 0 Å². The number of carbonyl (C=O) groups excluding carboxylic acids is 1. The third kappa shape index (κ3) is 1.86. The summed E-state index contributed by atoms with van der Waals surface area (Å²) in [7, 11) is 0. The molecule has 14 heavy (non-hydrogen) atoms. The molecular weight excluding hydrogens is 197 g/mol. The summed E-state index contributed by atoms with van der Waals surface area (Å²) in [6.07, 6.45) is 0. The first-order valence-corrected chi connectivity index (χ1v) is 3.76. The van der Waals surface area contributed by atoms with Gasteiger partial charge in [0.25, 0.3) is 0 Å². The molecule has 0 amide bonds. The van der Waals surface area contributed by atoms with Crippen molar-refractivity contribution < 1.29 is 23.0 Å². The molecule has 0 aromatic heterocycles. The highest BCUT2D eigenvalue weighted by Crippen LogP contribution is 2.29. The lowest BCUT2D eigenvalue weighted by Gasteiger charge is -2.11. The number of alkyl halides is 2. The Morgan fingerprint density at radius 2 is 2.07 bits per heavy atom. The van der Waals surface area contributed by atoms with Crippen LogP contribution in [0.5, 0.6) is 0 Å². The highest BCUT2D eigenvalue weighted by molar-refractivity contribution is 5.78. The summed E-state index contributed by atoms with van der Waals surface area (Å²) >= 11 is 0. The van der Waals surface area contributed by atoms with Crippen molar-refractivity contribution in [3.8, 4) is 0 Å². The fraction of sp³-hybridized carbons (Fsp3) is 0.222. The summed E-state index contributed by atoms with van der Waals surface area (Å²) in [5, 5.41) is 0.